The number of hydrogen-bond acceptors (Lipinski definition) is 0. The first kappa shape index (κ1) is 70.9. The molecule has 0 radical (unpaired) electrons. The average molecular weight is 1440 g/mol. The van der Waals surface area contributed by atoms with Gasteiger partial charge in [0.25, 0.3) is 0 Å². The van der Waals surface area contributed by atoms with Gasteiger partial charge in [-0.05, 0) is 12.8 Å². The topological polar surface area (TPSA) is 0 Å². The molecular weight excluding hydrogens is 1370 g/mol. The summed E-state index contributed by atoms with van der Waals surface area (Å²) in [5.41, 5.74) is 4.64. The molecule has 8 heteroatoms. The molecule has 0 saturated heterocycles. The zero-order valence-corrected chi connectivity index (χ0v) is 61.3. The van der Waals surface area contributed by atoms with Gasteiger partial charge in [0.05, 0.1) is 0 Å². The van der Waals surface area contributed by atoms with E-state index in [1.165, 1.54) is 129 Å². The summed E-state index contributed by atoms with van der Waals surface area (Å²) in [6, 6.07) is 113. The molecule has 0 aliphatic rings. The van der Waals surface area contributed by atoms with Crippen LogP contribution in [0.3, 0.4) is 0 Å². The van der Waals surface area contributed by atoms with Crippen molar-refractivity contribution in [1.29, 1.82) is 0 Å². The Morgan fingerprint density at radius 1 is 0.256 bits per heavy atom. The fourth-order valence-electron chi connectivity index (χ4n) is 11.4. The van der Waals surface area contributed by atoms with Crippen molar-refractivity contribution in [3.8, 4) is 0 Å². The molecule has 0 fully saturated rings. The Morgan fingerprint density at radius 3 is 0.722 bits per heavy atom. The molecule has 0 saturated carbocycles. The van der Waals surface area contributed by atoms with Crippen LogP contribution < -0.4 is 20.7 Å². The Balaban J connectivity index is 0.000000152. The van der Waals surface area contributed by atoms with E-state index in [4.69, 9.17) is 0 Å². The third-order valence-corrected chi connectivity index (χ3v) is 28.1. The second-order valence-corrected chi connectivity index (χ2v) is 33.1. The standard InChI is InChI=1S/2C15H13.2C14H11.2C12H10Si.4ClH.2Zr/c2*1-2-11-9-13-8-7-12-5-3-4-6-14(12)15(13)10-11;2*1-10-8-12-7-6-11-4-2-3-5-13(11)14(12)9-10;2*1-3-7-11(8-4-1)13-12-9-5-2-6-10-12;;;;;;/h2*3-10H,2H2,1H3;2*2-9H,1H3;2*1-10H;4*1H;;/q4*-1;;;;;;;2*+2. The Labute approximate surface area is 586 Å². The molecule has 0 atom stereocenters. The van der Waals surface area contributed by atoms with Crippen molar-refractivity contribution in [3.63, 3.8) is 0 Å². The van der Waals surface area contributed by atoms with Crippen molar-refractivity contribution < 1.29 is 46.7 Å². The molecule has 0 heterocycles. The number of benzene rings is 12. The molecule has 16 rings (SSSR count). The molecule has 0 bridgehead atoms. The van der Waals surface area contributed by atoms with Crippen LogP contribution in [0, 0.1) is 13.8 Å². The molecule has 0 spiro atoms. The van der Waals surface area contributed by atoms with Crippen molar-refractivity contribution in [3.05, 3.63) is 338 Å². The van der Waals surface area contributed by atoms with E-state index >= 15 is 0 Å². The van der Waals surface area contributed by atoms with Gasteiger partial charge in [0.1, 0.15) is 0 Å². The summed E-state index contributed by atoms with van der Waals surface area (Å²) in [6.45, 7) is 8.70. The second kappa shape index (κ2) is 34.8. The number of aryl methyl sites for hydroxylation is 4. The Kier molecular flexibility index (Phi) is 27.4. The monoisotopic (exact) mass is 1430 g/mol. The molecule has 90 heavy (non-hydrogen) atoms. The van der Waals surface area contributed by atoms with Crippen LogP contribution in [0.5, 0.6) is 0 Å². The number of rotatable bonds is 6. The van der Waals surface area contributed by atoms with E-state index in [0.29, 0.717) is 0 Å². The first-order chi connectivity index (χ1) is 42.2. The number of fused-ring (bicyclic) bond motifs is 12. The molecule has 0 N–H and O–H groups in total. The SMILES string of the molecule is CCc1cc2ccc3ccccc3c2[cH-]1.CCc1cc2ccc3ccccc3c2[cH-]1.Cc1cc2ccc3ccccc3c2[cH-]1.Cc1cc2ccc3ccccc3c2[cH-]1.Cl.Cl.Cl.Cl.[Zr+2]=[Si](c1ccccc1)c1ccccc1.[Zr+2]=[Si](c1ccccc1)c1ccccc1. The van der Waals surface area contributed by atoms with E-state index in [1.54, 1.807) is 46.7 Å². The van der Waals surface area contributed by atoms with Gasteiger partial charge >= 0.3 is 200 Å². The summed E-state index contributed by atoms with van der Waals surface area (Å²) < 4.78 is 0. The normalized spacial score (nSPS) is 10.3. The molecule has 0 aliphatic carbocycles. The van der Waals surface area contributed by atoms with E-state index in [-0.39, 0.29) is 49.6 Å². The van der Waals surface area contributed by atoms with Crippen LogP contribution in [0.1, 0.15) is 36.1 Å². The van der Waals surface area contributed by atoms with Crippen LogP contribution >= 0.6 is 49.6 Å². The van der Waals surface area contributed by atoms with Gasteiger partial charge in [0, 0.05) is 0 Å². The Morgan fingerprint density at radius 2 is 0.467 bits per heavy atom. The van der Waals surface area contributed by atoms with Crippen LogP contribution in [0.25, 0.3) is 86.2 Å². The molecule has 444 valence electrons. The van der Waals surface area contributed by atoms with E-state index < -0.39 is 10.9 Å². The summed E-state index contributed by atoms with van der Waals surface area (Å²) in [6.07, 6.45) is 2.23. The summed E-state index contributed by atoms with van der Waals surface area (Å²) >= 11 is 3.29. The van der Waals surface area contributed by atoms with Crippen LogP contribution in [0.2, 0.25) is 0 Å². The number of halogens is 4. The van der Waals surface area contributed by atoms with Crippen molar-refractivity contribution in [1.82, 2.24) is 0 Å². The van der Waals surface area contributed by atoms with Gasteiger partial charge in [-0.2, -0.15) is 24.3 Å². The first-order valence-corrected chi connectivity index (χ1v) is 40.2. The third kappa shape index (κ3) is 17.5. The first-order valence-electron chi connectivity index (χ1n) is 29.8. The van der Waals surface area contributed by atoms with Gasteiger partial charge < -0.3 is 0 Å². The Hall–Kier alpha value is -6.52. The van der Waals surface area contributed by atoms with Crippen molar-refractivity contribution in [2.45, 2.75) is 40.5 Å². The minimum atomic E-state index is -0.455. The van der Waals surface area contributed by atoms with E-state index in [1.807, 2.05) is 0 Å². The fourth-order valence-corrected chi connectivity index (χ4v) is 19.1. The van der Waals surface area contributed by atoms with Crippen LogP contribution in [-0.4, -0.2) is 10.9 Å². The minimum absolute atomic E-state index is 0. The molecular formula is C82H72Cl4Si2Zr2. The summed E-state index contributed by atoms with van der Waals surface area (Å²) in [5.74, 6) is 0. The van der Waals surface area contributed by atoms with Gasteiger partial charge in [-0.25, -0.2) is 0 Å². The maximum atomic E-state index is 2.32. The second-order valence-electron chi connectivity index (χ2n) is 21.9. The summed E-state index contributed by atoms with van der Waals surface area (Å²) in [7, 11) is 0. The maximum absolute atomic E-state index is 2.32. The Bertz CT molecular complexity index is 4520. The van der Waals surface area contributed by atoms with Crippen LogP contribution in [0.15, 0.2) is 315 Å². The van der Waals surface area contributed by atoms with Crippen LogP contribution in [0.4, 0.5) is 0 Å². The predicted molar refractivity (Wildman–Crippen MR) is 401 cm³/mol. The van der Waals surface area contributed by atoms with E-state index in [9.17, 15) is 0 Å². The van der Waals surface area contributed by atoms with Gasteiger partial charge in [-0.3, -0.25) is 0 Å². The molecule has 0 aromatic heterocycles. The van der Waals surface area contributed by atoms with E-state index in [0.717, 1.165) is 12.8 Å². The van der Waals surface area contributed by atoms with Gasteiger partial charge in [0.15, 0.2) is 0 Å². The molecule has 16 aromatic rings. The fraction of sp³-hybridized carbons (Fsp3) is 0.0732. The van der Waals surface area contributed by atoms with Gasteiger partial charge in [-0.15, -0.1) is 164 Å². The average Bonchev–Trinajstić information content (AvgIpc) is 2.32. The third-order valence-electron chi connectivity index (χ3n) is 15.9. The molecule has 16 aromatic carbocycles. The van der Waals surface area contributed by atoms with Gasteiger partial charge in [0.2, 0.25) is 0 Å². The van der Waals surface area contributed by atoms with Crippen LogP contribution in [-0.2, 0) is 59.5 Å². The quantitative estimate of drug-likeness (QED) is 0.115. The van der Waals surface area contributed by atoms with Crippen molar-refractivity contribution in [2.24, 2.45) is 0 Å². The molecule has 0 amide bonds. The van der Waals surface area contributed by atoms with Crippen molar-refractivity contribution >= 4 is 167 Å². The zero-order valence-electron chi connectivity index (χ0n) is 51.1. The van der Waals surface area contributed by atoms with Crippen molar-refractivity contribution in [2.75, 3.05) is 0 Å². The summed E-state index contributed by atoms with van der Waals surface area (Å²) in [5, 5.41) is 27.8. The molecule has 0 nitrogen and oxygen atoms in total. The molecule has 0 aliphatic heterocycles. The number of hydrogen-bond donors (Lipinski definition) is 0. The van der Waals surface area contributed by atoms with E-state index in [2.05, 4.69) is 343 Å². The summed E-state index contributed by atoms with van der Waals surface area (Å²) in [4.78, 5) is 0. The zero-order chi connectivity index (χ0) is 59.2. The predicted octanol–water partition coefficient (Wildman–Crippen LogP) is 21.0. The van der Waals surface area contributed by atoms with Gasteiger partial charge in [-0.1, -0.05) is 192 Å². The molecule has 0 unspecified atom stereocenters.